The van der Waals surface area contributed by atoms with Gasteiger partial charge < -0.3 is 0 Å². The fraction of sp³-hybridized carbons (Fsp3) is 0. The normalized spacial score (nSPS) is 13.1. The first kappa shape index (κ1) is 18.4. The third-order valence-corrected chi connectivity index (χ3v) is 6.04. The molecule has 0 radical (unpaired) electrons. The Hall–Kier alpha value is -3.63. The number of carbonyl (C=O) groups is 2. The molecule has 1 heterocycles. The van der Waals surface area contributed by atoms with Crippen molar-refractivity contribution in [2.75, 3.05) is 0 Å². The van der Waals surface area contributed by atoms with Crippen LogP contribution in [0.2, 0.25) is 0 Å². The molecule has 0 N–H and O–H groups in total. The van der Waals surface area contributed by atoms with Crippen molar-refractivity contribution in [3.8, 4) is 11.1 Å². The molecule has 1 aromatic heterocycles. The van der Waals surface area contributed by atoms with Gasteiger partial charge in [0.15, 0.2) is 0 Å². The highest BCUT2D eigenvalue weighted by atomic mass is 32.2. The van der Waals surface area contributed by atoms with Gasteiger partial charge >= 0.3 is 0 Å². The van der Waals surface area contributed by atoms with Gasteiger partial charge in [0.05, 0.1) is 11.3 Å². The van der Waals surface area contributed by atoms with E-state index in [1.807, 2.05) is 101 Å². The Bertz CT molecular complexity index is 1270. The number of benzene rings is 3. The lowest BCUT2D eigenvalue weighted by Crippen LogP contribution is -2.19. The summed E-state index contributed by atoms with van der Waals surface area (Å²) < 4.78 is 2.01. The SMILES string of the molecule is O=C1C=C(c2ccccc2)c2c(c(-c3ccccc3)cn2Sc2ccccc2)C1=O. The van der Waals surface area contributed by atoms with E-state index in [0.29, 0.717) is 5.56 Å². The lowest BCUT2D eigenvalue weighted by atomic mass is 9.87. The highest BCUT2D eigenvalue weighted by Crippen LogP contribution is 2.41. The van der Waals surface area contributed by atoms with Gasteiger partial charge in [-0.1, -0.05) is 78.9 Å². The van der Waals surface area contributed by atoms with Crippen molar-refractivity contribution in [3.05, 3.63) is 120 Å². The van der Waals surface area contributed by atoms with Crippen LogP contribution in [0.25, 0.3) is 16.7 Å². The van der Waals surface area contributed by atoms with Crippen molar-refractivity contribution in [3.63, 3.8) is 0 Å². The van der Waals surface area contributed by atoms with E-state index < -0.39 is 11.6 Å². The first-order valence-corrected chi connectivity index (χ1v) is 10.4. The maximum absolute atomic E-state index is 13.0. The zero-order chi connectivity index (χ0) is 20.5. The Kier molecular flexibility index (Phi) is 4.69. The number of nitrogens with zero attached hydrogens (tertiary/aromatic N) is 1. The number of allylic oxidation sites excluding steroid dienone is 1. The molecule has 1 aliphatic carbocycles. The Morgan fingerprint density at radius 2 is 1.23 bits per heavy atom. The summed E-state index contributed by atoms with van der Waals surface area (Å²) in [6.07, 6.45) is 3.43. The second-order valence-electron chi connectivity index (χ2n) is 6.98. The molecule has 0 aliphatic heterocycles. The molecule has 30 heavy (non-hydrogen) atoms. The fourth-order valence-electron chi connectivity index (χ4n) is 3.70. The topological polar surface area (TPSA) is 39.1 Å². The average molecular weight is 407 g/mol. The smallest absolute Gasteiger partial charge is 0.235 e. The number of carbonyl (C=O) groups excluding carboxylic acids is 2. The van der Waals surface area contributed by atoms with Crippen LogP contribution in [-0.4, -0.2) is 15.5 Å². The number of fused-ring (bicyclic) bond motifs is 1. The van der Waals surface area contributed by atoms with E-state index in [0.717, 1.165) is 32.9 Å². The van der Waals surface area contributed by atoms with E-state index >= 15 is 0 Å². The van der Waals surface area contributed by atoms with E-state index in [-0.39, 0.29) is 0 Å². The third kappa shape index (κ3) is 3.21. The second kappa shape index (κ2) is 7.65. The zero-order valence-corrected chi connectivity index (χ0v) is 16.8. The van der Waals surface area contributed by atoms with E-state index in [9.17, 15) is 9.59 Å². The number of aromatic nitrogens is 1. The molecule has 4 aromatic rings. The van der Waals surface area contributed by atoms with Gasteiger partial charge in [0.25, 0.3) is 0 Å². The van der Waals surface area contributed by atoms with Gasteiger partial charge in [-0.3, -0.25) is 13.6 Å². The summed E-state index contributed by atoms with van der Waals surface area (Å²) >= 11 is 1.53. The van der Waals surface area contributed by atoms with Crippen LogP contribution in [0, 0.1) is 0 Å². The molecular formula is C26H17NO2S. The van der Waals surface area contributed by atoms with E-state index in [1.54, 1.807) is 0 Å². The maximum Gasteiger partial charge on any atom is 0.235 e. The maximum atomic E-state index is 13.0. The molecule has 0 atom stereocenters. The molecule has 0 unspecified atom stereocenters. The summed E-state index contributed by atoms with van der Waals surface area (Å²) in [4.78, 5) is 26.7. The van der Waals surface area contributed by atoms with Crippen LogP contribution in [0.3, 0.4) is 0 Å². The largest absolute Gasteiger partial charge is 0.286 e. The summed E-state index contributed by atoms with van der Waals surface area (Å²) in [7, 11) is 0. The van der Waals surface area contributed by atoms with Crippen LogP contribution in [0.4, 0.5) is 0 Å². The standard InChI is InChI=1S/C26H17NO2S/c28-23-16-21(18-10-4-1-5-11-18)25-24(26(23)29)22(19-12-6-2-7-13-19)17-27(25)30-20-14-8-3-9-15-20/h1-17H. The van der Waals surface area contributed by atoms with Crippen LogP contribution in [0.1, 0.15) is 21.6 Å². The third-order valence-electron chi connectivity index (χ3n) is 5.07. The van der Waals surface area contributed by atoms with Gasteiger partial charge in [0, 0.05) is 22.2 Å². The van der Waals surface area contributed by atoms with Crippen molar-refractivity contribution in [1.29, 1.82) is 0 Å². The summed E-state index contributed by atoms with van der Waals surface area (Å²) in [5.74, 6) is -0.947. The van der Waals surface area contributed by atoms with Gasteiger partial charge in [-0.05, 0) is 41.3 Å². The fourth-order valence-corrected chi connectivity index (χ4v) is 4.64. The predicted molar refractivity (Wildman–Crippen MR) is 120 cm³/mol. The highest BCUT2D eigenvalue weighted by molar-refractivity contribution is 7.97. The molecule has 3 nitrogen and oxygen atoms in total. The van der Waals surface area contributed by atoms with Crippen molar-refractivity contribution in [2.45, 2.75) is 4.90 Å². The van der Waals surface area contributed by atoms with Crippen molar-refractivity contribution >= 4 is 29.1 Å². The van der Waals surface area contributed by atoms with Crippen molar-refractivity contribution in [2.24, 2.45) is 0 Å². The molecule has 1 aliphatic rings. The number of rotatable bonds is 4. The van der Waals surface area contributed by atoms with Gasteiger partial charge in [0.2, 0.25) is 11.6 Å². The zero-order valence-electron chi connectivity index (χ0n) is 16.0. The number of ketones is 2. The summed E-state index contributed by atoms with van der Waals surface area (Å²) in [6.45, 7) is 0. The number of Topliss-reactive ketones (excluding diaryl/α,β-unsaturated/α-hetero) is 1. The molecule has 3 aromatic carbocycles. The molecule has 0 amide bonds. The molecule has 0 saturated heterocycles. The highest BCUT2D eigenvalue weighted by Gasteiger charge is 2.33. The summed E-state index contributed by atoms with van der Waals surface area (Å²) in [6, 6.07) is 29.5. The van der Waals surface area contributed by atoms with Gasteiger partial charge in [-0.25, -0.2) is 0 Å². The summed E-state index contributed by atoms with van der Waals surface area (Å²) in [5, 5.41) is 0. The van der Waals surface area contributed by atoms with Crippen LogP contribution < -0.4 is 0 Å². The Balaban J connectivity index is 1.77. The minimum atomic E-state index is -0.485. The number of hydrogen-bond donors (Lipinski definition) is 0. The molecule has 144 valence electrons. The van der Waals surface area contributed by atoms with E-state index in [1.165, 1.54) is 18.0 Å². The molecule has 0 fully saturated rings. The number of hydrogen-bond acceptors (Lipinski definition) is 3. The minimum Gasteiger partial charge on any atom is -0.286 e. The molecule has 5 rings (SSSR count). The van der Waals surface area contributed by atoms with Crippen molar-refractivity contribution in [1.82, 2.24) is 3.97 Å². The van der Waals surface area contributed by atoms with Crippen LogP contribution >= 0.6 is 11.9 Å². The Labute approximate surface area is 178 Å². The van der Waals surface area contributed by atoms with Gasteiger partial charge in [-0.15, -0.1) is 0 Å². The second-order valence-corrected chi connectivity index (χ2v) is 8.03. The molecule has 0 spiro atoms. The molecular weight excluding hydrogens is 390 g/mol. The van der Waals surface area contributed by atoms with Gasteiger partial charge in [0.1, 0.15) is 0 Å². The monoisotopic (exact) mass is 407 g/mol. The average Bonchev–Trinajstić information content (AvgIpc) is 3.17. The lowest BCUT2D eigenvalue weighted by Gasteiger charge is -2.17. The molecule has 0 saturated carbocycles. The molecule has 0 bridgehead atoms. The van der Waals surface area contributed by atoms with E-state index in [4.69, 9.17) is 0 Å². The predicted octanol–water partition coefficient (Wildman–Crippen LogP) is 5.91. The van der Waals surface area contributed by atoms with Crippen molar-refractivity contribution < 1.29 is 9.59 Å². The Morgan fingerprint density at radius 3 is 1.87 bits per heavy atom. The molecule has 4 heteroatoms. The minimum absolute atomic E-state index is 0.462. The quantitative estimate of drug-likeness (QED) is 0.395. The van der Waals surface area contributed by atoms with E-state index in [2.05, 4.69) is 0 Å². The van der Waals surface area contributed by atoms with Gasteiger partial charge in [-0.2, -0.15) is 0 Å². The summed E-state index contributed by atoms with van der Waals surface area (Å²) in [5.41, 5.74) is 4.59. The Morgan fingerprint density at radius 1 is 0.667 bits per heavy atom. The lowest BCUT2D eigenvalue weighted by molar-refractivity contribution is -0.111. The van der Waals surface area contributed by atoms with Crippen LogP contribution in [-0.2, 0) is 4.79 Å². The van der Waals surface area contributed by atoms with Crippen LogP contribution in [0.5, 0.6) is 0 Å². The first-order chi connectivity index (χ1) is 14.7. The first-order valence-electron chi connectivity index (χ1n) is 9.62. The van der Waals surface area contributed by atoms with Crippen LogP contribution in [0.15, 0.2) is 108 Å².